The molecule has 1 N–H and O–H groups in total. The van der Waals surface area contributed by atoms with Crippen LogP contribution in [0.3, 0.4) is 0 Å². The van der Waals surface area contributed by atoms with Crippen molar-refractivity contribution in [3.63, 3.8) is 0 Å². The van der Waals surface area contributed by atoms with Crippen molar-refractivity contribution in [2.75, 3.05) is 11.5 Å². The van der Waals surface area contributed by atoms with E-state index in [0.717, 1.165) is 42.1 Å². The maximum absolute atomic E-state index is 9.95. The molecule has 1 aromatic carbocycles. The molecule has 0 amide bonds. The fraction of sp³-hybridized carbons (Fsp3) is 0.538. The van der Waals surface area contributed by atoms with Gasteiger partial charge in [0.05, 0.1) is 5.60 Å². The predicted molar refractivity (Wildman–Crippen MR) is 66.1 cm³/mol. The Morgan fingerprint density at radius 1 is 1.31 bits per heavy atom. The number of ether oxygens (including phenoxy) is 1. The van der Waals surface area contributed by atoms with Crippen LogP contribution in [0.2, 0.25) is 0 Å². The van der Waals surface area contributed by atoms with E-state index in [-0.39, 0.29) is 0 Å². The SMILES string of the molecule is OC1(Cc2ccccc2OC2CSC2)CC1. The fourth-order valence-electron chi connectivity index (χ4n) is 1.90. The van der Waals surface area contributed by atoms with Crippen molar-refractivity contribution in [2.24, 2.45) is 0 Å². The zero-order valence-electron chi connectivity index (χ0n) is 9.19. The van der Waals surface area contributed by atoms with Crippen LogP contribution in [0.25, 0.3) is 0 Å². The molecule has 2 nitrogen and oxygen atoms in total. The maximum Gasteiger partial charge on any atom is 0.123 e. The average Bonchev–Trinajstić information content (AvgIpc) is 2.92. The predicted octanol–water partition coefficient (Wildman–Crippen LogP) is 2.25. The van der Waals surface area contributed by atoms with Gasteiger partial charge in [0.15, 0.2) is 0 Å². The Morgan fingerprint density at radius 3 is 2.69 bits per heavy atom. The summed E-state index contributed by atoms with van der Waals surface area (Å²) in [7, 11) is 0. The molecule has 0 bridgehead atoms. The minimum absolute atomic E-state index is 0.375. The van der Waals surface area contributed by atoms with Crippen molar-refractivity contribution in [1.29, 1.82) is 0 Å². The highest BCUT2D eigenvalue weighted by atomic mass is 32.2. The van der Waals surface area contributed by atoms with Crippen molar-refractivity contribution in [2.45, 2.75) is 31.0 Å². The van der Waals surface area contributed by atoms with E-state index in [9.17, 15) is 5.11 Å². The summed E-state index contributed by atoms with van der Waals surface area (Å²) in [6, 6.07) is 8.10. The van der Waals surface area contributed by atoms with Gasteiger partial charge in [-0.3, -0.25) is 0 Å². The zero-order chi connectivity index (χ0) is 11.0. The number of hydrogen-bond acceptors (Lipinski definition) is 3. The first-order valence-corrected chi connectivity index (χ1v) is 6.95. The standard InChI is InChI=1S/C13H16O2S/c14-13(5-6-13)7-10-3-1-2-4-12(10)15-11-8-16-9-11/h1-4,11,14H,5-9H2. The number of hydrogen-bond donors (Lipinski definition) is 1. The van der Waals surface area contributed by atoms with Gasteiger partial charge in [0.1, 0.15) is 11.9 Å². The molecule has 1 saturated heterocycles. The molecule has 1 saturated carbocycles. The van der Waals surface area contributed by atoms with Gasteiger partial charge in [-0.15, -0.1) is 0 Å². The molecule has 2 fully saturated rings. The summed E-state index contributed by atoms with van der Waals surface area (Å²) in [6.45, 7) is 0. The summed E-state index contributed by atoms with van der Waals surface area (Å²) >= 11 is 1.92. The van der Waals surface area contributed by atoms with E-state index in [1.807, 2.05) is 30.0 Å². The van der Waals surface area contributed by atoms with E-state index >= 15 is 0 Å². The van der Waals surface area contributed by atoms with Crippen molar-refractivity contribution in [3.8, 4) is 5.75 Å². The van der Waals surface area contributed by atoms with Crippen LogP contribution in [0.4, 0.5) is 0 Å². The molecule has 2 aliphatic rings. The minimum Gasteiger partial charge on any atom is -0.488 e. The van der Waals surface area contributed by atoms with Gasteiger partial charge in [-0.05, 0) is 24.5 Å². The van der Waals surface area contributed by atoms with Crippen LogP contribution < -0.4 is 4.74 Å². The number of para-hydroxylation sites is 1. The fourth-order valence-corrected chi connectivity index (χ4v) is 2.47. The molecule has 0 atom stereocenters. The lowest BCUT2D eigenvalue weighted by atomic mass is 10.1. The highest BCUT2D eigenvalue weighted by Crippen LogP contribution is 2.40. The number of aliphatic hydroxyl groups is 1. The molecular weight excluding hydrogens is 220 g/mol. The van der Waals surface area contributed by atoms with Gasteiger partial charge in [0.25, 0.3) is 0 Å². The van der Waals surface area contributed by atoms with Gasteiger partial charge < -0.3 is 9.84 Å². The van der Waals surface area contributed by atoms with Crippen LogP contribution in [0, 0.1) is 0 Å². The van der Waals surface area contributed by atoms with Crippen molar-refractivity contribution < 1.29 is 9.84 Å². The molecule has 1 aliphatic heterocycles. The number of benzene rings is 1. The Bertz CT molecular complexity index is 383. The highest BCUT2D eigenvalue weighted by molar-refractivity contribution is 8.00. The molecule has 1 heterocycles. The largest absolute Gasteiger partial charge is 0.488 e. The van der Waals surface area contributed by atoms with Crippen LogP contribution in [0.15, 0.2) is 24.3 Å². The normalized spacial score (nSPS) is 22.6. The molecule has 86 valence electrons. The number of thioether (sulfide) groups is 1. The maximum atomic E-state index is 9.95. The highest BCUT2D eigenvalue weighted by Gasteiger charge is 2.40. The summed E-state index contributed by atoms with van der Waals surface area (Å²) in [4.78, 5) is 0. The summed E-state index contributed by atoms with van der Waals surface area (Å²) in [5.41, 5.74) is 0.716. The molecule has 3 rings (SSSR count). The van der Waals surface area contributed by atoms with Gasteiger partial charge in [-0.2, -0.15) is 11.8 Å². The lowest BCUT2D eigenvalue weighted by Gasteiger charge is -2.27. The van der Waals surface area contributed by atoms with E-state index < -0.39 is 5.60 Å². The topological polar surface area (TPSA) is 29.5 Å². The van der Waals surface area contributed by atoms with Crippen LogP contribution in [-0.2, 0) is 6.42 Å². The van der Waals surface area contributed by atoms with Crippen LogP contribution in [0.1, 0.15) is 18.4 Å². The molecule has 1 aromatic rings. The molecule has 1 aliphatic carbocycles. The second-order valence-electron chi connectivity index (χ2n) is 4.79. The average molecular weight is 236 g/mol. The lowest BCUT2D eigenvalue weighted by Crippen LogP contribution is -2.31. The lowest BCUT2D eigenvalue weighted by molar-refractivity contribution is 0.148. The first-order chi connectivity index (χ1) is 7.75. The van der Waals surface area contributed by atoms with Crippen molar-refractivity contribution >= 4 is 11.8 Å². The zero-order valence-corrected chi connectivity index (χ0v) is 10.0. The Morgan fingerprint density at radius 2 is 2.06 bits per heavy atom. The summed E-state index contributed by atoms with van der Waals surface area (Å²) < 4.78 is 5.92. The molecular formula is C13H16O2S. The number of rotatable bonds is 4. The third-order valence-electron chi connectivity index (χ3n) is 3.22. The molecule has 16 heavy (non-hydrogen) atoms. The minimum atomic E-state index is -0.437. The van der Waals surface area contributed by atoms with Crippen molar-refractivity contribution in [1.82, 2.24) is 0 Å². The van der Waals surface area contributed by atoms with E-state index in [1.165, 1.54) is 0 Å². The van der Waals surface area contributed by atoms with E-state index in [4.69, 9.17) is 4.74 Å². The first-order valence-electron chi connectivity index (χ1n) is 5.80. The molecule has 0 aromatic heterocycles. The van der Waals surface area contributed by atoms with Crippen LogP contribution in [0.5, 0.6) is 5.75 Å². The summed E-state index contributed by atoms with van der Waals surface area (Å²) in [5, 5.41) is 9.95. The molecule has 0 spiro atoms. The van der Waals surface area contributed by atoms with Crippen molar-refractivity contribution in [3.05, 3.63) is 29.8 Å². The third-order valence-corrected chi connectivity index (χ3v) is 4.44. The Balaban J connectivity index is 1.74. The Hall–Kier alpha value is -0.670. The van der Waals surface area contributed by atoms with Gasteiger partial charge in [0.2, 0.25) is 0 Å². The second kappa shape index (κ2) is 3.97. The summed E-state index contributed by atoms with van der Waals surface area (Å²) in [6.07, 6.45) is 2.98. The van der Waals surface area contributed by atoms with Gasteiger partial charge in [-0.25, -0.2) is 0 Å². The monoisotopic (exact) mass is 236 g/mol. The third kappa shape index (κ3) is 2.20. The molecule has 3 heteroatoms. The van der Waals surface area contributed by atoms with E-state index in [2.05, 4.69) is 6.07 Å². The van der Waals surface area contributed by atoms with Crippen LogP contribution in [-0.4, -0.2) is 28.3 Å². The molecule has 0 radical (unpaired) electrons. The quantitative estimate of drug-likeness (QED) is 0.869. The van der Waals surface area contributed by atoms with Gasteiger partial charge >= 0.3 is 0 Å². The Labute approximate surface area is 100 Å². The first kappa shape index (κ1) is 10.5. The van der Waals surface area contributed by atoms with Crippen LogP contribution >= 0.6 is 11.8 Å². The smallest absolute Gasteiger partial charge is 0.123 e. The summed E-state index contributed by atoms with van der Waals surface area (Å²) in [5.74, 6) is 3.16. The second-order valence-corrected chi connectivity index (χ2v) is 5.86. The Kier molecular flexibility index (Phi) is 2.60. The molecule has 0 unspecified atom stereocenters. The van der Waals surface area contributed by atoms with E-state index in [1.54, 1.807) is 0 Å². The van der Waals surface area contributed by atoms with Gasteiger partial charge in [0, 0.05) is 17.9 Å². The van der Waals surface area contributed by atoms with Gasteiger partial charge in [-0.1, -0.05) is 18.2 Å². The van der Waals surface area contributed by atoms with E-state index in [0.29, 0.717) is 6.10 Å².